The Balaban J connectivity index is 1.35. The van der Waals surface area contributed by atoms with Crippen LogP contribution < -0.4 is 15.4 Å². The van der Waals surface area contributed by atoms with Crippen molar-refractivity contribution in [2.24, 2.45) is 7.05 Å². The first kappa shape index (κ1) is 17.8. The van der Waals surface area contributed by atoms with Gasteiger partial charge in [0.1, 0.15) is 12.1 Å². The molecule has 1 N–H and O–H groups in total. The quantitative estimate of drug-likeness (QED) is 0.498. The fraction of sp³-hybridized carbons (Fsp3) is 0.294. The Bertz CT molecular complexity index is 1390. The SMILES string of the molecule is Cn1c(=O)oc2ccc(S(=O)(=O)NC3CCN(c4ccc5nncn5n4)C3)cc21. The fourth-order valence-corrected chi connectivity index (χ4v) is 4.79. The lowest BCUT2D eigenvalue weighted by atomic mass is 10.3. The molecule has 1 saturated heterocycles. The molecule has 0 amide bonds. The van der Waals surface area contributed by atoms with Crippen LogP contribution in [0.2, 0.25) is 0 Å². The highest BCUT2D eigenvalue weighted by Gasteiger charge is 2.28. The minimum absolute atomic E-state index is 0.0869. The normalized spacial score (nSPS) is 17.6. The Morgan fingerprint density at radius 1 is 1.24 bits per heavy atom. The molecule has 4 heterocycles. The van der Waals surface area contributed by atoms with Gasteiger partial charge in [0.2, 0.25) is 10.0 Å². The van der Waals surface area contributed by atoms with Crippen molar-refractivity contribution in [1.82, 2.24) is 29.1 Å². The van der Waals surface area contributed by atoms with Gasteiger partial charge in [-0.15, -0.1) is 15.3 Å². The standard InChI is InChI=1S/C17H17N7O4S/c1-22-13-8-12(2-3-14(13)28-17(22)25)29(26,27)21-11-6-7-23(9-11)16-5-4-15-19-18-10-24(15)20-16/h2-5,8,10-11,21H,6-7,9H2,1H3. The Morgan fingerprint density at radius 3 is 2.97 bits per heavy atom. The molecule has 1 aromatic carbocycles. The number of aromatic nitrogens is 5. The Morgan fingerprint density at radius 2 is 2.10 bits per heavy atom. The summed E-state index contributed by atoms with van der Waals surface area (Å²) in [6.45, 7) is 1.16. The fourth-order valence-electron chi connectivity index (χ4n) is 3.51. The van der Waals surface area contributed by atoms with Gasteiger partial charge in [-0.3, -0.25) is 4.57 Å². The second-order valence-electron chi connectivity index (χ2n) is 6.93. The molecule has 1 fully saturated rings. The van der Waals surface area contributed by atoms with E-state index < -0.39 is 15.8 Å². The summed E-state index contributed by atoms with van der Waals surface area (Å²) in [4.78, 5) is 13.7. The van der Waals surface area contributed by atoms with Crippen LogP contribution in [0.4, 0.5) is 5.82 Å². The Kier molecular flexibility index (Phi) is 3.93. The number of fused-ring (bicyclic) bond motifs is 2. The zero-order chi connectivity index (χ0) is 20.2. The first-order valence-corrected chi connectivity index (χ1v) is 10.4. The van der Waals surface area contributed by atoms with E-state index in [-0.39, 0.29) is 10.9 Å². The third kappa shape index (κ3) is 3.06. The maximum atomic E-state index is 12.8. The number of sulfonamides is 1. The molecular formula is C17H17N7O4S. The number of hydrogen-bond donors (Lipinski definition) is 1. The summed E-state index contributed by atoms with van der Waals surface area (Å²) in [5, 5.41) is 12.2. The highest BCUT2D eigenvalue weighted by molar-refractivity contribution is 7.89. The molecule has 29 heavy (non-hydrogen) atoms. The van der Waals surface area contributed by atoms with Crippen molar-refractivity contribution < 1.29 is 12.8 Å². The lowest BCUT2D eigenvalue weighted by Gasteiger charge is -2.18. The number of anilines is 1. The molecule has 1 atom stereocenters. The molecule has 3 aromatic heterocycles. The first-order chi connectivity index (χ1) is 13.9. The smallest absolute Gasteiger partial charge is 0.408 e. The van der Waals surface area contributed by atoms with Gasteiger partial charge in [-0.2, -0.15) is 4.52 Å². The topological polar surface area (TPSA) is 128 Å². The number of oxazole rings is 1. The van der Waals surface area contributed by atoms with Crippen LogP contribution in [0.15, 0.2) is 50.8 Å². The van der Waals surface area contributed by atoms with Gasteiger partial charge in [0.15, 0.2) is 11.2 Å². The van der Waals surface area contributed by atoms with Gasteiger partial charge in [-0.05, 0) is 36.8 Å². The van der Waals surface area contributed by atoms with E-state index in [9.17, 15) is 13.2 Å². The highest BCUT2D eigenvalue weighted by atomic mass is 32.2. The molecule has 1 aliphatic rings. The second-order valence-corrected chi connectivity index (χ2v) is 8.65. The molecule has 0 bridgehead atoms. The number of aryl methyl sites for hydroxylation is 1. The predicted octanol–water partition coefficient (Wildman–Crippen LogP) is 0.126. The molecule has 5 rings (SSSR count). The van der Waals surface area contributed by atoms with Crippen molar-refractivity contribution in [2.45, 2.75) is 17.4 Å². The van der Waals surface area contributed by atoms with Crippen LogP contribution in [-0.2, 0) is 17.1 Å². The summed E-state index contributed by atoms with van der Waals surface area (Å²) in [5.74, 6) is 0.195. The molecular weight excluding hydrogens is 398 g/mol. The van der Waals surface area contributed by atoms with Crippen LogP contribution in [-0.4, -0.2) is 51.9 Å². The van der Waals surface area contributed by atoms with E-state index in [0.717, 1.165) is 5.82 Å². The molecule has 4 aromatic rings. The number of nitrogens with zero attached hydrogens (tertiary/aromatic N) is 6. The summed E-state index contributed by atoms with van der Waals surface area (Å²) >= 11 is 0. The third-order valence-corrected chi connectivity index (χ3v) is 6.57. The van der Waals surface area contributed by atoms with Gasteiger partial charge in [0, 0.05) is 26.2 Å². The molecule has 0 radical (unpaired) electrons. The van der Waals surface area contributed by atoms with E-state index in [2.05, 4.69) is 20.0 Å². The van der Waals surface area contributed by atoms with E-state index in [1.807, 2.05) is 17.0 Å². The summed E-state index contributed by atoms with van der Waals surface area (Å²) < 4.78 is 36.4. The molecule has 150 valence electrons. The summed E-state index contributed by atoms with van der Waals surface area (Å²) in [6.07, 6.45) is 2.17. The number of hydrogen-bond acceptors (Lipinski definition) is 8. The van der Waals surface area contributed by atoms with E-state index in [1.165, 1.54) is 36.1 Å². The Labute approximate surface area is 164 Å². The Hall–Kier alpha value is -3.25. The van der Waals surface area contributed by atoms with Crippen LogP contribution >= 0.6 is 0 Å². The predicted molar refractivity (Wildman–Crippen MR) is 103 cm³/mol. The number of rotatable bonds is 4. The van der Waals surface area contributed by atoms with Crippen LogP contribution in [0.25, 0.3) is 16.7 Å². The molecule has 1 unspecified atom stereocenters. The van der Waals surface area contributed by atoms with Crippen molar-refractivity contribution >= 4 is 32.6 Å². The van der Waals surface area contributed by atoms with Gasteiger partial charge >= 0.3 is 5.76 Å². The molecule has 0 aliphatic carbocycles. The lowest BCUT2D eigenvalue weighted by molar-refractivity contribution is 0.528. The largest absolute Gasteiger partial charge is 0.419 e. The maximum Gasteiger partial charge on any atom is 0.419 e. The average molecular weight is 415 g/mol. The minimum Gasteiger partial charge on any atom is -0.408 e. The van der Waals surface area contributed by atoms with Gasteiger partial charge in [-0.1, -0.05) is 0 Å². The molecule has 1 aliphatic heterocycles. The monoisotopic (exact) mass is 415 g/mol. The van der Waals surface area contributed by atoms with Crippen LogP contribution in [0, 0.1) is 0 Å². The van der Waals surface area contributed by atoms with Gasteiger partial charge in [0.25, 0.3) is 0 Å². The van der Waals surface area contributed by atoms with E-state index in [4.69, 9.17) is 4.42 Å². The van der Waals surface area contributed by atoms with Gasteiger partial charge < -0.3 is 9.32 Å². The zero-order valence-corrected chi connectivity index (χ0v) is 16.2. The summed E-state index contributed by atoms with van der Waals surface area (Å²) in [7, 11) is -2.22. The van der Waals surface area contributed by atoms with Crippen molar-refractivity contribution in [1.29, 1.82) is 0 Å². The number of nitrogens with one attached hydrogen (secondary N) is 1. The van der Waals surface area contributed by atoms with Crippen LogP contribution in [0.3, 0.4) is 0 Å². The minimum atomic E-state index is -3.75. The van der Waals surface area contributed by atoms with Gasteiger partial charge in [0.05, 0.1) is 10.4 Å². The second kappa shape index (κ2) is 6.39. The maximum absolute atomic E-state index is 12.8. The zero-order valence-electron chi connectivity index (χ0n) is 15.4. The number of benzene rings is 1. The third-order valence-electron chi connectivity index (χ3n) is 5.05. The van der Waals surface area contributed by atoms with Crippen LogP contribution in [0.5, 0.6) is 0 Å². The van der Waals surface area contributed by atoms with Crippen molar-refractivity contribution in [3.8, 4) is 0 Å². The lowest BCUT2D eigenvalue weighted by Crippen LogP contribution is -2.37. The summed E-state index contributed by atoms with van der Waals surface area (Å²) in [5.41, 5.74) is 1.42. The van der Waals surface area contributed by atoms with Crippen molar-refractivity contribution in [3.05, 3.63) is 47.2 Å². The van der Waals surface area contributed by atoms with E-state index in [1.54, 1.807) is 4.52 Å². The highest BCUT2D eigenvalue weighted by Crippen LogP contribution is 2.22. The molecule has 0 spiro atoms. The molecule has 12 heteroatoms. The molecule has 0 saturated carbocycles. The van der Waals surface area contributed by atoms with Crippen molar-refractivity contribution in [2.75, 3.05) is 18.0 Å². The van der Waals surface area contributed by atoms with E-state index >= 15 is 0 Å². The molecule has 11 nitrogen and oxygen atoms in total. The summed E-state index contributed by atoms with van der Waals surface area (Å²) in [6, 6.07) is 7.76. The van der Waals surface area contributed by atoms with E-state index in [0.29, 0.717) is 36.3 Å². The average Bonchev–Trinajstić information content (AvgIpc) is 3.41. The van der Waals surface area contributed by atoms with Crippen molar-refractivity contribution in [3.63, 3.8) is 0 Å². The van der Waals surface area contributed by atoms with Crippen LogP contribution in [0.1, 0.15) is 6.42 Å². The van der Waals surface area contributed by atoms with Gasteiger partial charge in [-0.25, -0.2) is 17.9 Å². The first-order valence-electron chi connectivity index (χ1n) is 8.95.